The Balaban J connectivity index is 2.69. The summed E-state index contributed by atoms with van der Waals surface area (Å²) >= 11 is 0. The summed E-state index contributed by atoms with van der Waals surface area (Å²) in [5, 5.41) is 0. The molecule has 1 atom stereocenters. The summed E-state index contributed by atoms with van der Waals surface area (Å²) in [6, 6.07) is 7.51. The topological polar surface area (TPSA) is 72.2 Å². The number of hydrogen-bond donors (Lipinski definition) is 2. The van der Waals surface area contributed by atoms with Crippen LogP contribution in [0.15, 0.2) is 24.3 Å². The molecule has 0 aliphatic carbocycles. The fraction of sp³-hybridized carbons (Fsp3) is 0.625. The van der Waals surface area contributed by atoms with E-state index in [9.17, 15) is 8.42 Å². The minimum atomic E-state index is -3.30. The van der Waals surface area contributed by atoms with Gasteiger partial charge >= 0.3 is 0 Å². The summed E-state index contributed by atoms with van der Waals surface area (Å²) < 4.78 is 27.5. The van der Waals surface area contributed by atoms with E-state index >= 15 is 0 Å². The molecule has 1 aromatic rings. The molecule has 5 heteroatoms. The lowest BCUT2D eigenvalue weighted by atomic mass is 10.1. The van der Waals surface area contributed by atoms with Crippen molar-refractivity contribution >= 4 is 10.0 Å². The second kappa shape index (κ2) is 9.18. The van der Waals surface area contributed by atoms with Crippen molar-refractivity contribution in [2.24, 2.45) is 5.73 Å². The number of unbranched alkanes of at least 4 members (excludes halogenated alkanes) is 1. The van der Waals surface area contributed by atoms with Gasteiger partial charge in [0.05, 0.1) is 5.75 Å². The Bertz CT molecular complexity index is 515. The molecule has 0 saturated heterocycles. The Hall–Kier alpha value is -0.910. The van der Waals surface area contributed by atoms with Crippen LogP contribution in [0.1, 0.15) is 57.1 Å². The number of nitrogens with one attached hydrogen (secondary N) is 1. The third-order valence-corrected chi connectivity index (χ3v) is 4.88. The first-order valence-electron chi connectivity index (χ1n) is 7.78. The molecule has 0 radical (unpaired) electrons. The van der Waals surface area contributed by atoms with Crippen LogP contribution in [-0.2, 0) is 22.3 Å². The lowest BCUT2D eigenvalue weighted by Gasteiger charge is -2.18. The number of rotatable bonds is 10. The highest BCUT2D eigenvalue weighted by Gasteiger charge is 2.17. The third kappa shape index (κ3) is 7.07. The van der Waals surface area contributed by atoms with Crippen LogP contribution >= 0.6 is 0 Å². The van der Waals surface area contributed by atoms with Gasteiger partial charge in [0, 0.05) is 12.6 Å². The van der Waals surface area contributed by atoms with Crippen molar-refractivity contribution in [2.75, 3.05) is 0 Å². The number of sulfonamides is 1. The Morgan fingerprint density at radius 2 is 1.86 bits per heavy atom. The fourth-order valence-corrected chi connectivity index (χ4v) is 3.87. The van der Waals surface area contributed by atoms with Gasteiger partial charge in [-0.3, -0.25) is 0 Å². The van der Waals surface area contributed by atoms with Crippen molar-refractivity contribution in [3.8, 4) is 0 Å². The lowest BCUT2D eigenvalue weighted by Crippen LogP contribution is -2.35. The molecule has 120 valence electrons. The zero-order valence-corrected chi connectivity index (χ0v) is 14.0. The molecule has 4 nitrogen and oxygen atoms in total. The largest absolute Gasteiger partial charge is 0.326 e. The van der Waals surface area contributed by atoms with E-state index in [0.29, 0.717) is 6.54 Å². The van der Waals surface area contributed by atoms with Gasteiger partial charge in [0.25, 0.3) is 0 Å². The number of nitrogens with two attached hydrogens (primary N) is 1. The second-order valence-corrected chi connectivity index (χ2v) is 7.28. The highest BCUT2D eigenvalue weighted by Crippen LogP contribution is 2.12. The lowest BCUT2D eigenvalue weighted by molar-refractivity contribution is 0.483. The first-order chi connectivity index (χ1) is 10.0. The average molecular weight is 312 g/mol. The predicted octanol–water partition coefficient (Wildman–Crippen LogP) is 2.92. The first-order valence-corrected chi connectivity index (χ1v) is 9.43. The van der Waals surface area contributed by atoms with Gasteiger partial charge in [-0.25, -0.2) is 13.1 Å². The number of hydrogen-bond acceptors (Lipinski definition) is 3. The molecule has 0 aromatic heterocycles. The van der Waals surface area contributed by atoms with Crippen LogP contribution in [0.2, 0.25) is 0 Å². The van der Waals surface area contributed by atoms with Crippen LogP contribution in [-0.4, -0.2) is 14.5 Å². The van der Waals surface area contributed by atoms with Crippen molar-refractivity contribution in [2.45, 2.75) is 64.3 Å². The van der Waals surface area contributed by atoms with Gasteiger partial charge in [0.15, 0.2) is 0 Å². The molecule has 0 aliphatic heterocycles. The van der Waals surface area contributed by atoms with Gasteiger partial charge in [-0.1, -0.05) is 57.4 Å². The zero-order valence-electron chi connectivity index (χ0n) is 13.1. The normalized spacial score (nSPS) is 13.3. The molecule has 0 amide bonds. The molecule has 1 unspecified atom stereocenters. The average Bonchev–Trinajstić information content (AvgIpc) is 2.44. The zero-order chi connectivity index (χ0) is 15.7. The second-order valence-electron chi connectivity index (χ2n) is 5.53. The Kier molecular flexibility index (Phi) is 7.93. The Morgan fingerprint density at radius 1 is 1.14 bits per heavy atom. The third-order valence-electron chi connectivity index (χ3n) is 3.47. The molecule has 0 spiro atoms. The maximum atomic E-state index is 12.3. The number of benzene rings is 1. The summed E-state index contributed by atoms with van der Waals surface area (Å²) in [5.74, 6) is 0.0210. The van der Waals surface area contributed by atoms with Gasteiger partial charge < -0.3 is 5.73 Å². The standard InChI is InChI=1S/C16H28N2O2S/c1-3-5-10-16(7-4-2)18-21(19,20)13-15-9-6-8-14(11-15)12-17/h6,8-9,11,16,18H,3-5,7,10,12-13,17H2,1-2H3. The monoisotopic (exact) mass is 312 g/mol. The Labute approximate surface area is 129 Å². The highest BCUT2D eigenvalue weighted by atomic mass is 32.2. The van der Waals surface area contributed by atoms with Crippen molar-refractivity contribution in [1.29, 1.82) is 0 Å². The van der Waals surface area contributed by atoms with Gasteiger partial charge in [-0.2, -0.15) is 0 Å². The van der Waals surface area contributed by atoms with E-state index in [4.69, 9.17) is 5.73 Å². The summed E-state index contributed by atoms with van der Waals surface area (Å²) in [4.78, 5) is 0. The van der Waals surface area contributed by atoms with E-state index < -0.39 is 10.0 Å². The van der Waals surface area contributed by atoms with Gasteiger partial charge in [-0.15, -0.1) is 0 Å². The van der Waals surface area contributed by atoms with Crippen molar-refractivity contribution in [3.05, 3.63) is 35.4 Å². The van der Waals surface area contributed by atoms with Crippen LogP contribution < -0.4 is 10.5 Å². The van der Waals surface area contributed by atoms with E-state index in [2.05, 4.69) is 18.6 Å². The molecule has 0 aliphatic rings. The predicted molar refractivity (Wildman–Crippen MR) is 88.3 cm³/mol. The summed E-state index contributed by atoms with van der Waals surface area (Å²) in [5.41, 5.74) is 7.34. The molecule has 1 aromatic carbocycles. The van der Waals surface area contributed by atoms with Crippen molar-refractivity contribution in [3.63, 3.8) is 0 Å². The van der Waals surface area contributed by atoms with Gasteiger partial charge in [0.2, 0.25) is 10.0 Å². The quantitative estimate of drug-likeness (QED) is 0.697. The van der Waals surface area contributed by atoms with Gasteiger partial charge in [-0.05, 0) is 24.0 Å². The minimum Gasteiger partial charge on any atom is -0.326 e. The molecule has 21 heavy (non-hydrogen) atoms. The van der Waals surface area contributed by atoms with E-state index in [1.54, 1.807) is 0 Å². The summed E-state index contributed by atoms with van der Waals surface area (Å²) in [6.45, 7) is 4.63. The molecule has 3 N–H and O–H groups in total. The summed E-state index contributed by atoms with van der Waals surface area (Å²) in [6.07, 6.45) is 4.92. The maximum Gasteiger partial charge on any atom is 0.216 e. The Morgan fingerprint density at radius 3 is 2.48 bits per heavy atom. The highest BCUT2D eigenvalue weighted by molar-refractivity contribution is 7.88. The van der Waals surface area contributed by atoms with Crippen LogP contribution in [0.25, 0.3) is 0 Å². The summed E-state index contributed by atoms with van der Waals surface area (Å²) in [7, 11) is -3.30. The van der Waals surface area contributed by atoms with E-state index in [1.165, 1.54) is 0 Å². The van der Waals surface area contributed by atoms with Crippen LogP contribution in [0, 0.1) is 0 Å². The van der Waals surface area contributed by atoms with Crippen LogP contribution in [0.4, 0.5) is 0 Å². The maximum absolute atomic E-state index is 12.3. The van der Waals surface area contributed by atoms with Crippen LogP contribution in [0.5, 0.6) is 0 Å². The fourth-order valence-electron chi connectivity index (χ4n) is 2.42. The first kappa shape index (κ1) is 18.1. The molecular formula is C16H28N2O2S. The molecule has 0 saturated carbocycles. The van der Waals surface area contributed by atoms with E-state index in [-0.39, 0.29) is 11.8 Å². The van der Waals surface area contributed by atoms with Crippen molar-refractivity contribution < 1.29 is 8.42 Å². The molecule has 0 fully saturated rings. The van der Waals surface area contributed by atoms with E-state index in [1.807, 2.05) is 24.3 Å². The van der Waals surface area contributed by atoms with Crippen LogP contribution in [0.3, 0.4) is 0 Å². The van der Waals surface area contributed by atoms with E-state index in [0.717, 1.165) is 43.2 Å². The van der Waals surface area contributed by atoms with Crippen molar-refractivity contribution in [1.82, 2.24) is 4.72 Å². The van der Waals surface area contributed by atoms with Gasteiger partial charge in [0.1, 0.15) is 0 Å². The molecular weight excluding hydrogens is 284 g/mol. The molecule has 0 heterocycles. The smallest absolute Gasteiger partial charge is 0.216 e. The minimum absolute atomic E-state index is 0.0210. The SMILES string of the molecule is CCCCC(CCC)NS(=O)(=O)Cc1cccc(CN)c1. The molecule has 1 rings (SSSR count). The molecule has 0 bridgehead atoms.